The van der Waals surface area contributed by atoms with Gasteiger partial charge in [0, 0.05) is 11.1 Å². The van der Waals surface area contributed by atoms with Crippen LogP contribution in [-0.4, -0.2) is 0 Å². The number of nitrogens with zero attached hydrogens (tertiary/aromatic N) is 1. The number of hydrogen-bond donors (Lipinski definition) is 0. The zero-order chi connectivity index (χ0) is 22.7. The average Bonchev–Trinajstić information content (AvgIpc) is 3.19. The molecule has 5 aromatic rings. The smallest absolute Gasteiger partial charge is 0.132 e. The summed E-state index contributed by atoms with van der Waals surface area (Å²) in [6, 6.07) is 42.3. The van der Waals surface area contributed by atoms with Crippen LogP contribution in [0.4, 0.5) is 0 Å². The maximum atomic E-state index is 9.22. The number of fused-ring (bicyclic) bond motifs is 9. The number of para-hydroxylation sites is 2. The summed E-state index contributed by atoms with van der Waals surface area (Å²) in [5.41, 5.74) is 9.83. The largest absolute Gasteiger partial charge is 0.457 e. The Labute approximate surface area is 198 Å². The van der Waals surface area contributed by atoms with E-state index in [1.165, 1.54) is 22.3 Å². The molecule has 0 bridgehead atoms. The second kappa shape index (κ2) is 6.94. The van der Waals surface area contributed by atoms with Gasteiger partial charge in [-0.25, -0.2) is 0 Å². The summed E-state index contributed by atoms with van der Waals surface area (Å²) in [5.74, 6) is 1.79. The Bertz CT molecular complexity index is 1590. The lowest BCUT2D eigenvalue weighted by atomic mass is 9.66. The molecule has 1 aliphatic heterocycles. The van der Waals surface area contributed by atoms with Crippen molar-refractivity contribution in [1.29, 1.82) is 5.26 Å². The molecule has 1 heterocycles. The van der Waals surface area contributed by atoms with Gasteiger partial charge in [0.05, 0.1) is 17.0 Å². The summed E-state index contributed by atoms with van der Waals surface area (Å²) in [5, 5.41) is 9.22. The highest BCUT2D eigenvalue weighted by atomic mass is 16.5. The van der Waals surface area contributed by atoms with Crippen molar-refractivity contribution in [3.63, 3.8) is 0 Å². The monoisotopic (exact) mass is 433 g/mol. The van der Waals surface area contributed by atoms with Gasteiger partial charge < -0.3 is 4.74 Å². The summed E-state index contributed by atoms with van der Waals surface area (Å²) in [6.45, 7) is 0. The van der Waals surface area contributed by atoms with E-state index in [1.807, 2.05) is 36.4 Å². The maximum absolute atomic E-state index is 9.22. The van der Waals surface area contributed by atoms with E-state index in [4.69, 9.17) is 4.74 Å². The van der Waals surface area contributed by atoms with Crippen molar-refractivity contribution in [2.75, 3.05) is 0 Å². The van der Waals surface area contributed by atoms with E-state index in [0.717, 1.165) is 33.8 Å². The van der Waals surface area contributed by atoms with Crippen LogP contribution in [0, 0.1) is 11.3 Å². The molecule has 1 spiro atoms. The number of hydrogen-bond acceptors (Lipinski definition) is 2. The molecule has 0 saturated heterocycles. The number of nitriles is 1. The molecule has 0 unspecified atom stereocenters. The van der Waals surface area contributed by atoms with Gasteiger partial charge >= 0.3 is 0 Å². The molecule has 0 aromatic heterocycles. The first-order valence-corrected chi connectivity index (χ1v) is 11.4. The van der Waals surface area contributed by atoms with E-state index in [1.54, 1.807) is 0 Å². The van der Waals surface area contributed by atoms with Crippen LogP contribution in [0.1, 0.15) is 27.8 Å². The third kappa shape index (κ3) is 2.39. The Morgan fingerprint density at radius 2 is 1.09 bits per heavy atom. The molecule has 1 aliphatic carbocycles. The highest BCUT2D eigenvalue weighted by molar-refractivity contribution is 5.90. The molecule has 34 heavy (non-hydrogen) atoms. The first kappa shape index (κ1) is 18.9. The topological polar surface area (TPSA) is 33.0 Å². The first-order valence-electron chi connectivity index (χ1n) is 11.4. The molecule has 5 aromatic carbocycles. The van der Waals surface area contributed by atoms with E-state index in [9.17, 15) is 5.26 Å². The molecule has 2 aliphatic rings. The first-order chi connectivity index (χ1) is 16.8. The minimum absolute atomic E-state index is 0.458. The van der Waals surface area contributed by atoms with E-state index < -0.39 is 5.41 Å². The number of ether oxygens (including phenoxy) is 1. The molecule has 0 fully saturated rings. The lowest BCUT2D eigenvalue weighted by molar-refractivity contribution is 0.436. The molecule has 0 saturated carbocycles. The van der Waals surface area contributed by atoms with Crippen molar-refractivity contribution in [2.24, 2.45) is 0 Å². The van der Waals surface area contributed by atoms with Crippen LogP contribution < -0.4 is 4.74 Å². The average molecular weight is 434 g/mol. The third-order valence-corrected chi connectivity index (χ3v) is 7.19. The summed E-state index contributed by atoms with van der Waals surface area (Å²) < 4.78 is 6.40. The quantitative estimate of drug-likeness (QED) is 0.266. The van der Waals surface area contributed by atoms with Crippen LogP contribution in [-0.2, 0) is 5.41 Å². The van der Waals surface area contributed by atoms with Gasteiger partial charge in [-0.3, -0.25) is 0 Å². The van der Waals surface area contributed by atoms with E-state index in [-0.39, 0.29) is 0 Å². The molecule has 0 radical (unpaired) electrons. The maximum Gasteiger partial charge on any atom is 0.132 e. The summed E-state index contributed by atoms with van der Waals surface area (Å²) in [4.78, 5) is 0. The van der Waals surface area contributed by atoms with E-state index in [2.05, 4.69) is 84.9 Å². The minimum Gasteiger partial charge on any atom is -0.457 e. The predicted molar refractivity (Wildman–Crippen MR) is 134 cm³/mol. The fourth-order valence-corrected chi connectivity index (χ4v) is 5.77. The molecule has 0 atom stereocenters. The molecule has 0 amide bonds. The summed E-state index contributed by atoms with van der Waals surface area (Å²) in [7, 11) is 0. The van der Waals surface area contributed by atoms with Crippen molar-refractivity contribution >= 4 is 0 Å². The Balaban J connectivity index is 1.59. The molecule has 2 nitrogen and oxygen atoms in total. The Kier molecular flexibility index (Phi) is 3.86. The lowest BCUT2D eigenvalue weighted by Gasteiger charge is -2.39. The van der Waals surface area contributed by atoms with Gasteiger partial charge in [0.25, 0.3) is 0 Å². The molecule has 158 valence electrons. The molecule has 7 rings (SSSR count). The van der Waals surface area contributed by atoms with E-state index >= 15 is 0 Å². The Morgan fingerprint density at radius 3 is 1.76 bits per heavy atom. The van der Waals surface area contributed by atoms with Crippen molar-refractivity contribution < 1.29 is 4.74 Å². The lowest BCUT2D eigenvalue weighted by Crippen LogP contribution is -2.32. The second-order valence-corrected chi connectivity index (χ2v) is 8.84. The van der Waals surface area contributed by atoms with Gasteiger partial charge in [0.2, 0.25) is 0 Å². The molecular weight excluding hydrogens is 414 g/mol. The van der Waals surface area contributed by atoms with Crippen molar-refractivity contribution in [1.82, 2.24) is 0 Å². The van der Waals surface area contributed by atoms with Crippen molar-refractivity contribution in [3.05, 3.63) is 143 Å². The number of rotatable bonds is 1. The standard InChI is InChI=1S/C32H19NO/c33-20-21-13-15-22(16-14-21)23-17-18-25-24-7-1-2-8-26(24)32(29(25)19-23)27-9-3-5-11-30(27)34-31-12-6-4-10-28(31)32/h1-19H. The highest BCUT2D eigenvalue weighted by Crippen LogP contribution is 2.62. The van der Waals surface area contributed by atoms with Gasteiger partial charge in [-0.15, -0.1) is 0 Å². The zero-order valence-electron chi connectivity index (χ0n) is 18.3. The van der Waals surface area contributed by atoms with Crippen molar-refractivity contribution in [3.8, 4) is 39.8 Å². The Hall–Kier alpha value is -4.61. The molecular formula is C32H19NO. The highest BCUT2D eigenvalue weighted by Gasteiger charge is 2.50. The van der Waals surface area contributed by atoms with Gasteiger partial charge in [0.1, 0.15) is 11.5 Å². The second-order valence-electron chi connectivity index (χ2n) is 8.84. The minimum atomic E-state index is -0.458. The van der Waals surface area contributed by atoms with Gasteiger partial charge in [-0.05, 0) is 63.7 Å². The predicted octanol–water partition coefficient (Wildman–Crippen LogP) is 7.69. The van der Waals surface area contributed by atoms with Crippen LogP contribution in [0.15, 0.2) is 115 Å². The fourth-order valence-electron chi connectivity index (χ4n) is 5.77. The van der Waals surface area contributed by atoms with Crippen LogP contribution in [0.25, 0.3) is 22.3 Å². The van der Waals surface area contributed by atoms with Crippen LogP contribution >= 0.6 is 0 Å². The molecule has 0 N–H and O–H groups in total. The van der Waals surface area contributed by atoms with E-state index in [0.29, 0.717) is 5.56 Å². The van der Waals surface area contributed by atoms with Crippen LogP contribution in [0.3, 0.4) is 0 Å². The van der Waals surface area contributed by atoms with Crippen LogP contribution in [0.2, 0.25) is 0 Å². The molecule has 2 heteroatoms. The normalized spacial score (nSPS) is 13.7. The van der Waals surface area contributed by atoms with Gasteiger partial charge in [-0.2, -0.15) is 5.26 Å². The fraction of sp³-hybridized carbons (Fsp3) is 0.0312. The van der Waals surface area contributed by atoms with Crippen LogP contribution in [0.5, 0.6) is 11.5 Å². The Morgan fingerprint density at radius 1 is 0.529 bits per heavy atom. The van der Waals surface area contributed by atoms with Gasteiger partial charge in [-0.1, -0.05) is 84.9 Å². The summed E-state index contributed by atoms with van der Waals surface area (Å²) >= 11 is 0. The number of benzene rings is 5. The third-order valence-electron chi connectivity index (χ3n) is 7.19. The van der Waals surface area contributed by atoms with Crippen molar-refractivity contribution in [2.45, 2.75) is 5.41 Å². The SMILES string of the molecule is N#Cc1ccc(-c2ccc3c(c2)C2(c4ccccc4Oc4ccccc42)c2ccccc2-3)cc1. The zero-order valence-corrected chi connectivity index (χ0v) is 18.3. The van der Waals surface area contributed by atoms with Gasteiger partial charge in [0.15, 0.2) is 0 Å². The summed E-state index contributed by atoms with van der Waals surface area (Å²) in [6.07, 6.45) is 0.